The Morgan fingerprint density at radius 1 is 1.17 bits per heavy atom. The normalized spacial score (nSPS) is 11.4. The molecule has 0 saturated carbocycles. The molecule has 0 fully saturated rings. The first-order valence-electron chi connectivity index (χ1n) is 11.0. The molecule has 0 amide bonds. The molecule has 0 aliphatic carbocycles. The van der Waals surface area contributed by atoms with Gasteiger partial charge in [0.05, 0.1) is 10.6 Å². The monoisotopic (exact) mass is 421 g/mol. The lowest BCUT2D eigenvalue weighted by Crippen LogP contribution is -2.26. The fourth-order valence-corrected chi connectivity index (χ4v) is 3.32. The van der Waals surface area contributed by atoms with Crippen molar-refractivity contribution >= 4 is 17.6 Å². The third-order valence-corrected chi connectivity index (χ3v) is 4.85. The number of allylic oxidation sites excluding steroid dienone is 4. The van der Waals surface area contributed by atoms with Crippen LogP contribution in [0.3, 0.4) is 0 Å². The molecule has 0 aliphatic rings. The van der Waals surface area contributed by atoms with Crippen LogP contribution in [0.5, 0.6) is 5.75 Å². The molecule has 1 aromatic rings. The zero-order valence-electron chi connectivity index (χ0n) is 19.7. The van der Waals surface area contributed by atoms with Crippen LogP contribution in [-0.2, 0) is 6.54 Å². The zero-order chi connectivity index (χ0) is 22.1. The van der Waals surface area contributed by atoms with Gasteiger partial charge in [-0.25, -0.2) is 0 Å². The molecule has 0 unspecified atom stereocenters. The van der Waals surface area contributed by atoms with Crippen molar-refractivity contribution in [1.29, 1.82) is 0 Å². The molecule has 3 N–H and O–H groups in total. The lowest BCUT2D eigenvalue weighted by Gasteiger charge is -2.28. The molecule has 0 aromatic heterocycles. The van der Waals surface area contributed by atoms with Gasteiger partial charge in [0.25, 0.3) is 0 Å². The predicted molar refractivity (Wildman–Crippen MR) is 132 cm³/mol. The van der Waals surface area contributed by atoms with E-state index in [9.17, 15) is 0 Å². The molecule has 0 saturated heterocycles. The van der Waals surface area contributed by atoms with Gasteiger partial charge in [0, 0.05) is 19.6 Å². The van der Waals surface area contributed by atoms with Crippen LogP contribution in [0.25, 0.3) is 0 Å². The summed E-state index contributed by atoms with van der Waals surface area (Å²) in [7, 11) is 1.97. The second-order valence-electron chi connectivity index (χ2n) is 6.69. The number of rotatable bonds is 13. The molecule has 0 radical (unpaired) electrons. The molecule has 1 aromatic carbocycles. The molecular formula is C24H43N3OS. The Labute approximate surface area is 184 Å². The van der Waals surface area contributed by atoms with Gasteiger partial charge < -0.3 is 15.0 Å². The van der Waals surface area contributed by atoms with E-state index >= 15 is 0 Å². The van der Waals surface area contributed by atoms with E-state index < -0.39 is 0 Å². The van der Waals surface area contributed by atoms with Crippen LogP contribution in [0, 0.1) is 0 Å². The Morgan fingerprint density at radius 3 is 2.28 bits per heavy atom. The number of hydrogen-bond donors (Lipinski definition) is 2. The topological polar surface area (TPSA) is 50.5 Å². The largest absolute Gasteiger partial charge is 0.459 e. The summed E-state index contributed by atoms with van der Waals surface area (Å²) in [6.45, 7) is 15.3. The summed E-state index contributed by atoms with van der Waals surface area (Å²) in [5.74, 6) is 1.73. The molecular weight excluding hydrogens is 378 g/mol. The minimum atomic E-state index is 0.809. The van der Waals surface area contributed by atoms with Gasteiger partial charge in [0.2, 0.25) is 0 Å². The standard InChI is InChI=1S/C22H37N3OS.C2H6/c1-6-9-12-18(4)26-22-20(25(13-10-7-2)14-11-8-3)15-19(17-24-5)16-21(22)27-23;1-2/h6,9,12,15-16,24H,7-8,10-11,13-14,17,23H2,1-5H3;1-2H3/b9-6-,18-12+;. The van der Waals surface area contributed by atoms with E-state index in [0.717, 1.165) is 54.6 Å². The van der Waals surface area contributed by atoms with E-state index in [1.165, 1.54) is 30.4 Å². The Hall–Kier alpha value is -1.43. The maximum Gasteiger partial charge on any atom is 0.165 e. The van der Waals surface area contributed by atoms with Crippen LogP contribution in [0.15, 0.2) is 41.0 Å². The minimum absolute atomic E-state index is 0.809. The van der Waals surface area contributed by atoms with Gasteiger partial charge >= 0.3 is 0 Å². The van der Waals surface area contributed by atoms with Crippen molar-refractivity contribution < 1.29 is 4.74 Å². The molecule has 29 heavy (non-hydrogen) atoms. The number of nitrogens with zero attached hydrogens (tertiary/aromatic N) is 1. The quantitative estimate of drug-likeness (QED) is 0.212. The lowest BCUT2D eigenvalue weighted by atomic mass is 10.1. The number of hydrogen-bond acceptors (Lipinski definition) is 5. The highest BCUT2D eigenvalue weighted by molar-refractivity contribution is 7.97. The number of benzene rings is 1. The lowest BCUT2D eigenvalue weighted by molar-refractivity contribution is 0.416. The molecule has 0 heterocycles. The summed E-state index contributed by atoms with van der Waals surface area (Å²) in [5.41, 5.74) is 2.37. The predicted octanol–water partition coefficient (Wildman–Crippen LogP) is 6.66. The van der Waals surface area contributed by atoms with Crippen LogP contribution >= 0.6 is 11.9 Å². The average molecular weight is 422 g/mol. The molecule has 166 valence electrons. The third-order valence-electron chi connectivity index (χ3n) is 4.29. The second kappa shape index (κ2) is 17.4. The Balaban J connectivity index is 0.00000379. The molecule has 0 spiro atoms. The average Bonchev–Trinajstić information content (AvgIpc) is 2.75. The summed E-state index contributed by atoms with van der Waals surface area (Å²) in [4.78, 5) is 3.44. The van der Waals surface area contributed by atoms with Gasteiger partial charge in [-0.05, 0) is 69.5 Å². The Bertz CT molecular complexity index is 606. The number of unbranched alkanes of at least 4 members (excludes halogenated alkanes) is 2. The van der Waals surface area contributed by atoms with Crippen LogP contribution in [0.2, 0.25) is 0 Å². The second-order valence-corrected chi connectivity index (χ2v) is 7.37. The molecule has 0 aliphatic heterocycles. The van der Waals surface area contributed by atoms with E-state index in [1.807, 2.05) is 53.0 Å². The van der Waals surface area contributed by atoms with Crippen LogP contribution in [-0.4, -0.2) is 20.1 Å². The van der Waals surface area contributed by atoms with E-state index in [1.54, 1.807) is 0 Å². The van der Waals surface area contributed by atoms with Gasteiger partial charge in [-0.1, -0.05) is 52.7 Å². The van der Waals surface area contributed by atoms with Crippen molar-refractivity contribution in [2.75, 3.05) is 25.0 Å². The third kappa shape index (κ3) is 10.2. The van der Waals surface area contributed by atoms with Crippen LogP contribution in [0.4, 0.5) is 5.69 Å². The Morgan fingerprint density at radius 2 is 1.79 bits per heavy atom. The number of ether oxygens (including phenoxy) is 1. The van der Waals surface area contributed by atoms with Crippen LogP contribution in [0.1, 0.15) is 72.8 Å². The first-order chi connectivity index (χ1) is 14.1. The molecule has 1 rings (SSSR count). The van der Waals surface area contributed by atoms with Gasteiger partial charge in [0.1, 0.15) is 5.76 Å². The van der Waals surface area contributed by atoms with E-state index in [-0.39, 0.29) is 0 Å². The molecule has 4 nitrogen and oxygen atoms in total. The van der Waals surface area contributed by atoms with Crippen molar-refractivity contribution in [3.8, 4) is 5.75 Å². The van der Waals surface area contributed by atoms with E-state index in [0.29, 0.717) is 0 Å². The summed E-state index contributed by atoms with van der Waals surface area (Å²) < 4.78 is 6.29. The molecule has 0 atom stereocenters. The van der Waals surface area contributed by atoms with Crippen molar-refractivity contribution in [2.24, 2.45) is 5.14 Å². The molecule has 5 heteroatoms. The number of anilines is 1. The smallest absolute Gasteiger partial charge is 0.165 e. The molecule has 0 bridgehead atoms. The summed E-state index contributed by atoms with van der Waals surface area (Å²) in [6.07, 6.45) is 10.7. The first-order valence-corrected chi connectivity index (χ1v) is 11.9. The highest BCUT2D eigenvalue weighted by Gasteiger charge is 2.18. The van der Waals surface area contributed by atoms with Crippen molar-refractivity contribution in [3.63, 3.8) is 0 Å². The fraction of sp³-hybridized carbons (Fsp3) is 0.583. The van der Waals surface area contributed by atoms with Crippen molar-refractivity contribution in [1.82, 2.24) is 5.32 Å². The van der Waals surface area contributed by atoms with Gasteiger partial charge in [-0.2, -0.15) is 0 Å². The highest BCUT2D eigenvalue weighted by atomic mass is 32.2. The van der Waals surface area contributed by atoms with Crippen molar-refractivity contribution in [3.05, 3.63) is 41.7 Å². The van der Waals surface area contributed by atoms with Crippen molar-refractivity contribution in [2.45, 2.75) is 78.7 Å². The highest BCUT2D eigenvalue weighted by Crippen LogP contribution is 2.39. The maximum absolute atomic E-state index is 6.29. The van der Waals surface area contributed by atoms with Crippen LogP contribution < -0.4 is 20.1 Å². The Kier molecular flexibility index (Phi) is 16.6. The van der Waals surface area contributed by atoms with Gasteiger partial charge in [-0.3, -0.25) is 5.14 Å². The van der Waals surface area contributed by atoms with E-state index in [2.05, 4.69) is 36.2 Å². The zero-order valence-corrected chi connectivity index (χ0v) is 20.5. The fourth-order valence-electron chi connectivity index (χ4n) is 2.85. The minimum Gasteiger partial charge on any atom is -0.459 e. The number of nitrogens with two attached hydrogens (primary N) is 1. The summed E-state index contributed by atoms with van der Waals surface area (Å²) in [5, 5.41) is 9.27. The summed E-state index contributed by atoms with van der Waals surface area (Å²) >= 11 is 1.26. The number of nitrogens with one attached hydrogen (secondary N) is 1. The van der Waals surface area contributed by atoms with Gasteiger partial charge in [-0.15, -0.1) is 0 Å². The maximum atomic E-state index is 6.29. The SMILES string of the molecule is C/C=C\C=C(/C)Oc1c(SN)cc(CNC)cc1N(CCCC)CCCC.CC. The first kappa shape index (κ1) is 27.6. The van der Waals surface area contributed by atoms with E-state index in [4.69, 9.17) is 9.88 Å². The summed E-state index contributed by atoms with van der Waals surface area (Å²) in [6, 6.07) is 4.38. The van der Waals surface area contributed by atoms with Gasteiger partial charge in [0.15, 0.2) is 5.75 Å².